The van der Waals surface area contributed by atoms with Crippen molar-refractivity contribution < 1.29 is 38.3 Å². The van der Waals surface area contributed by atoms with Crippen LogP contribution in [0.15, 0.2) is 66.2 Å². The summed E-state index contributed by atoms with van der Waals surface area (Å²) in [4.78, 5) is 12.7. The van der Waals surface area contributed by atoms with Crippen molar-refractivity contribution in [2.45, 2.75) is 45.8 Å². The molecule has 212 valence electrons. The summed E-state index contributed by atoms with van der Waals surface area (Å²) in [6.45, 7) is 7.14. The third-order valence-corrected chi connectivity index (χ3v) is 7.31. The first-order valence-electron chi connectivity index (χ1n) is 12.9. The van der Waals surface area contributed by atoms with E-state index in [-0.39, 0.29) is 18.8 Å². The molecule has 0 fully saturated rings. The highest BCUT2D eigenvalue weighted by atomic mass is 19.1. The molecule has 0 bridgehead atoms. The average molecular weight is 551 g/mol. The quantitative estimate of drug-likeness (QED) is 0.273. The molecule has 2 N–H and O–H groups in total. The van der Waals surface area contributed by atoms with Gasteiger partial charge in [0.05, 0.1) is 31.5 Å². The van der Waals surface area contributed by atoms with Crippen LogP contribution >= 0.6 is 0 Å². The van der Waals surface area contributed by atoms with Gasteiger partial charge in [-0.3, -0.25) is 0 Å². The summed E-state index contributed by atoms with van der Waals surface area (Å²) < 4.78 is 36.3. The number of esters is 1. The summed E-state index contributed by atoms with van der Waals surface area (Å²) in [7, 11) is 3.01. The lowest BCUT2D eigenvalue weighted by atomic mass is 9.64. The van der Waals surface area contributed by atoms with Gasteiger partial charge in [-0.25, -0.2) is 9.18 Å². The molecule has 0 aliphatic heterocycles. The Morgan fingerprint density at radius 3 is 2.27 bits per heavy atom. The summed E-state index contributed by atoms with van der Waals surface area (Å²) in [6.07, 6.45) is -0.715. The molecular weight excluding hydrogens is 515 g/mol. The van der Waals surface area contributed by atoms with Crippen LogP contribution in [-0.4, -0.2) is 48.7 Å². The van der Waals surface area contributed by atoms with Crippen molar-refractivity contribution in [1.82, 2.24) is 0 Å². The van der Waals surface area contributed by atoms with Crippen LogP contribution in [0.25, 0.3) is 5.57 Å². The number of hydrogen-bond donors (Lipinski definition) is 2. The van der Waals surface area contributed by atoms with Gasteiger partial charge in [-0.1, -0.05) is 19.9 Å². The minimum atomic E-state index is -1.34. The molecule has 2 unspecified atom stereocenters. The number of hydrogen-bond acceptors (Lipinski definition) is 7. The number of carbonyl (C=O) groups excluding carboxylic acids is 1. The van der Waals surface area contributed by atoms with Gasteiger partial charge in [0.25, 0.3) is 0 Å². The predicted molar refractivity (Wildman–Crippen MR) is 150 cm³/mol. The molecule has 3 aromatic rings. The van der Waals surface area contributed by atoms with Crippen molar-refractivity contribution >= 4 is 11.5 Å². The number of aryl methyl sites for hydroxylation is 1. The molecule has 0 spiro atoms. The number of aliphatic hydroxyl groups excluding tert-OH is 1. The van der Waals surface area contributed by atoms with E-state index in [1.807, 2.05) is 13.8 Å². The monoisotopic (exact) mass is 550 g/mol. The minimum absolute atomic E-state index is 0.0862. The number of benzene rings is 3. The molecule has 40 heavy (non-hydrogen) atoms. The molecule has 0 saturated heterocycles. The topological polar surface area (TPSA) is 94.5 Å². The van der Waals surface area contributed by atoms with E-state index in [9.17, 15) is 19.4 Å². The Labute approximate surface area is 233 Å². The van der Waals surface area contributed by atoms with E-state index in [1.165, 1.54) is 19.2 Å². The molecule has 0 heterocycles. The largest absolute Gasteiger partial charge is 0.497 e. The van der Waals surface area contributed by atoms with Crippen LogP contribution in [0.3, 0.4) is 0 Å². The zero-order valence-electron chi connectivity index (χ0n) is 23.6. The zero-order chi connectivity index (χ0) is 29.2. The fourth-order valence-electron chi connectivity index (χ4n) is 5.21. The van der Waals surface area contributed by atoms with Crippen molar-refractivity contribution in [3.8, 4) is 23.0 Å². The van der Waals surface area contributed by atoms with Gasteiger partial charge >= 0.3 is 5.97 Å². The van der Waals surface area contributed by atoms with Crippen LogP contribution in [0.5, 0.6) is 23.0 Å². The molecule has 0 aromatic heterocycles. The number of rotatable bonds is 8. The summed E-state index contributed by atoms with van der Waals surface area (Å²) in [5.41, 5.74) is 0.455. The smallest absolute Gasteiger partial charge is 0.343 e. The molecular formula is C32H35FO7. The molecule has 0 radical (unpaired) electrons. The van der Waals surface area contributed by atoms with Gasteiger partial charge < -0.3 is 29.2 Å². The maximum Gasteiger partial charge on any atom is 0.343 e. The van der Waals surface area contributed by atoms with E-state index in [0.29, 0.717) is 39.5 Å². The first kappa shape index (κ1) is 29.1. The van der Waals surface area contributed by atoms with E-state index >= 15 is 0 Å². The lowest BCUT2D eigenvalue weighted by molar-refractivity contribution is -0.0159. The second kappa shape index (κ2) is 11.3. The normalized spacial score (nSPS) is 20.2. The van der Waals surface area contributed by atoms with Gasteiger partial charge in [0.15, 0.2) is 0 Å². The third-order valence-electron chi connectivity index (χ3n) is 7.31. The highest BCUT2D eigenvalue weighted by molar-refractivity contribution is 5.91. The standard InChI is InChI=1S/C32H35FO7/c1-19-7-10-21(33)15-26(19)39-17-25-28(29(34)31(2,3)18-32(25,4)36)24-14-13-23(16-27(24)38-6)40-30(35)20-8-11-22(37-5)12-9-20/h7-16,29,34,36H,17-18H2,1-6H3. The summed E-state index contributed by atoms with van der Waals surface area (Å²) in [5.74, 6) is 0.544. The SMILES string of the molecule is COc1ccc(C(=O)Oc2ccc(C3=C(COc4cc(F)ccc4C)C(C)(O)CC(C)(C)C3O)c(OC)c2)cc1. The molecule has 8 heteroatoms. The number of carbonyl (C=O) groups is 1. The summed E-state index contributed by atoms with van der Waals surface area (Å²) >= 11 is 0. The Kier molecular flexibility index (Phi) is 8.23. The van der Waals surface area contributed by atoms with Crippen LogP contribution in [0.4, 0.5) is 4.39 Å². The first-order valence-corrected chi connectivity index (χ1v) is 12.9. The van der Waals surface area contributed by atoms with Crippen LogP contribution in [-0.2, 0) is 0 Å². The fourth-order valence-corrected chi connectivity index (χ4v) is 5.21. The second-order valence-corrected chi connectivity index (χ2v) is 10.9. The minimum Gasteiger partial charge on any atom is -0.497 e. The predicted octanol–water partition coefficient (Wildman–Crippen LogP) is 5.74. The maximum absolute atomic E-state index is 13.9. The van der Waals surface area contributed by atoms with Crippen molar-refractivity contribution in [3.63, 3.8) is 0 Å². The second-order valence-electron chi connectivity index (χ2n) is 10.9. The molecule has 2 atom stereocenters. The van der Waals surface area contributed by atoms with Gasteiger partial charge in [-0.15, -0.1) is 0 Å². The Balaban J connectivity index is 1.73. The third kappa shape index (κ3) is 5.98. The highest BCUT2D eigenvalue weighted by Crippen LogP contribution is 2.50. The first-order chi connectivity index (χ1) is 18.9. The van der Waals surface area contributed by atoms with Crippen LogP contribution < -0.4 is 18.9 Å². The summed E-state index contributed by atoms with van der Waals surface area (Å²) in [6, 6.07) is 15.6. The molecule has 0 amide bonds. The number of aliphatic hydroxyl groups is 2. The van der Waals surface area contributed by atoms with Crippen molar-refractivity contribution in [2.75, 3.05) is 20.8 Å². The molecule has 0 saturated carbocycles. The Morgan fingerprint density at radius 2 is 1.62 bits per heavy atom. The lowest BCUT2D eigenvalue weighted by Crippen LogP contribution is -2.47. The molecule has 1 aliphatic carbocycles. The van der Waals surface area contributed by atoms with E-state index in [0.717, 1.165) is 5.56 Å². The van der Waals surface area contributed by atoms with E-state index in [2.05, 4.69) is 0 Å². The van der Waals surface area contributed by atoms with Crippen molar-refractivity contribution in [3.05, 3.63) is 88.7 Å². The molecule has 4 rings (SSSR count). The number of halogens is 1. The Morgan fingerprint density at radius 1 is 0.950 bits per heavy atom. The van der Waals surface area contributed by atoms with Gasteiger partial charge in [-0.05, 0) is 79.3 Å². The fraction of sp³-hybridized carbons (Fsp3) is 0.344. The van der Waals surface area contributed by atoms with E-state index in [4.69, 9.17) is 18.9 Å². The average Bonchev–Trinajstić information content (AvgIpc) is 2.91. The van der Waals surface area contributed by atoms with Gasteiger partial charge in [0.2, 0.25) is 0 Å². The molecule has 7 nitrogen and oxygen atoms in total. The van der Waals surface area contributed by atoms with E-state index in [1.54, 1.807) is 69.5 Å². The molecule has 1 aliphatic rings. The maximum atomic E-state index is 13.9. The van der Waals surface area contributed by atoms with Gasteiger partial charge in [0.1, 0.15) is 35.4 Å². The Hall–Kier alpha value is -3.88. The van der Waals surface area contributed by atoms with Crippen LogP contribution in [0.1, 0.15) is 48.7 Å². The summed E-state index contributed by atoms with van der Waals surface area (Å²) in [5, 5.41) is 23.1. The van der Waals surface area contributed by atoms with Gasteiger partial charge in [0, 0.05) is 23.3 Å². The molecule has 3 aromatic carbocycles. The van der Waals surface area contributed by atoms with Crippen LogP contribution in [0.2, 0.25) is 0 Å². The van der Waals surface area contributed by atoms with Crippen LogP contribution in [0, 0.1) is 18.2 Å². The van der Waals surface area contributed by atoms with E-state index < -0.39 is 28.9 Å². The number of methoxy groups -OCH3 is 2. The van der Waals surface area contributed by atoms with Gasteiger partial charge in [-0.2, -0.15) is 0 Å². The Bertz CT molecular complexity index is 1420. The number of ether oxygens (including phenoxy) is 4. The zero-order valence-corrected chi connectivity index (χ0v) is 23.6. The van der Waals surface area contributed by atoms with Crippen molar-refractivity contribution in [1.29, 1.82) is 0 Å². The lowest BCUT2D eigenvalue weighted by Gasteiger charge is -2.46. The highest BCUT2D eigenvalue weighted by Gasteiger charge is 2.47. The van der Waals surface area contributed by atoms with Crippen molar-refractivity contribution in [2.24, 2.45) is 5.41 Å².